The number of amides is 2. The number of carbonyl (C=O) groups is 2. The summed E-state index contributed by atoms with van der Waals surface area (Å²) in [6, 6.07) is 19.1. The third-order valence-corrected chi connectivity index (χ3v) is 6.66. The molecule has 1 saturated heterocycles. The molecule has 0 aliphatic carbocycles. The van der Waals surface area contributed by atoms with Gasteiger partial charge < -0.3 is 10.1 Å². The van der Waals surface area contributed by atoms with E-state index in [4.69, 9.17) is 4.74 Å². The zero-order chi connectivity index (χ0) is 20.2. The Morgan fingerprint density at radius 2 is 2.03 bits per heavy atom. The van der Waals surface area contributed by atoms with Crippen LogP contribution in [0.1, 0.15) is 15.8 Å². The highest BCUT2D eigenvalue weighted by atomic mass is 32.2. The van der Waals surface area contributed by atoms with Crippen LogP contribution in [0.2, 0.25) is 0 Å². The van der Waals surface area contributed by atoms with Crippen molar-refractivity contribution in [2.45, 2.75) is 11.8 Å². The zero-order valence-corrected chi connectivity index (χ0v) is 17.5. The molecule has 1 unspecified atom stereocenters. The Hall–Kier alpha value is -2.77. The van der Waals surface area contributed by atoms with E-state index in [0.29, 0.717) is 17.9 Å². The van der Waals surface area contributed by atoms with E-state index < -0.39 is 0 Å². The minimum absolute atomic E-state index is 0.0515. The smallest absolute Gasteiger partial charge is 0.238 e. The van der Waals surface area contributed by atoms with Gasteiger partial charge in [-0.25, -0.2) is 0 Å². The minimum atomic E-state index is -0.149. The summed E-state index contributed by atoms with van der Waals surface area (Å²) in [4.78, 5) is 27.7. The maximum atomic E-state index is 12.6. The average molecular weight is 425 g/mol. The van der Waals surface area contributed by atoms with E-state index in [-0.39, 0.29) is 17.2 Å². The zero-order valence-electron chi connectivity index (χ0n) is 15.8. The van der Waals surface area contributed by atoms with Crippen molar-refractivity contribution in [2.75, 3.05) is 23.1 Å². The van der Waals surface area contributed by atoms with Crippen molar-refractivity contribution in [1.29, 1.82) is 0 Å². The molecule has 0 spiro atoms. The molecule has 1 atom stereocenters. The lowest BCUT2D eigenvalue weighted by Crippen LogP contribution is -2.27. The fourth-order valence-corrected chi connectivity index (χ4v) is 5.13. The van der Waals surface area contributed by atoms with Gasteiger partial charge in [0.05, 0.1) is 19.3 Å². The van der Waals surface area contributed by atoms with Crippen molar-refractivity contribution >= 4 is 46.3 Å². The van der Waals surface area contributed by atoms with Crippen molar-refractivity contribution in [1.82, 2.24) is 0 Å². The lowest BCUT2D eigenvalue weighted by Gasteiger charge is -2.25. The molecule has 148 valence electrons. The van der Waals surface area contributed by atoms with Crippen molar-refractivity contribution < 1.29 is 14.3 Å². The van der Waals surface area contributed by atoms with E-state index in [1.165, 1.54) is 0 Å². The predicted octanol–water partition coefficient (Wildman–Crippen LogP) is 4.72. The normalized spacial score (nSPS) is 16.1. The second kappa shape index (κ2) is 8.71. The third-order valence-electron chi connectivity index (χ3n) is 4.57. The van der Waals surface area contributed by atoms with Gasteiger partial charge in [0.25, 0.3) is 0 Å². The lowest BCUT2D eigenvalue weighted by molar-refractivity contribution is -0.116. The largest absolute Gasteiger partial charge is 0.497 e. The summed E-state index contributed by atoms with van der Waals surface area (Å²) >= 11 is 3.14. The first-order valence-corrected chi connectivity index (χ1v) is 11.1. The number of thiophene rings is 1. The molecule has 29 heavy (non-hydrogen) atoms. The van der Waals surface area contributed by atoms with E-state index in [1.54, 1.807) is 35.1 Å². The van der Waals surface area contributed by atoms with Gasteiger partial charge in [-0.15, -0.1) is 23.1 Å². The molecule has 0 saturated carbocycles. The molecule has 2 heterocycles. The monoisotopic (exact) mass is 424 g/mol. The van der Waals surface area contributed by atoms with Crippen molar-refractivity contribution in [3.05, 3.63) is 76.5 Å². The van der Waals surface area contributed by atoms with Crippen LogP contribution in [0.3, 0.4) is 0 Å². The number of nitrogens with zero attached hydrogens (tertiary/aromatic N) is 1. The van der Waals surface area contributed by atoms with Crippen LogP contribution in [0.5, 0.6) is 5.75 Å². The number of rotatable bonds is 6. The van der Waals surface area contributed by atoms with Crippen LogP contribution in [0.4, 0.5) is 11.4 Å². The molecular weight excluding hydrogens is 404 g/mol. The molecule has 4 rings (SSSR count). The fraction of sp³-hybridized carbons (Fsp3) is 0.182. The first-order chi connectivity index (χ1) is 14.1. The molecule has 1 fully saturated rings. The van der Waals surface area contributed by atoms with Gasteiger partial charge in [-0.1, -0.05) is 24.3 Å². The van der Waals surface area contributed by atoms with Gasteiger partial charge >= 0.3 is 0 Å². The van der Waals surface area contributed by atoms with Gasteiger partial charge in [-0.05, 0) is 41.3 Å². The summed E-state index contributed by atoms with van der Waals surface area (Å²) in [5.41, 5.74) is 2.50. The summed E-state index contributed by atoms with van der Waals surface area (Å²) in [5, 5.41) is 4.78. The number of thioether (sulfide) groups is 1. The SMILES string of the molecule is COc1cccc(N2C(=O)CSC2c2cccc(NC(=O)Cc3cccs3)c2)c1. The molecule has 5 nitrogen and oxygen atoms in total. The average Bonchev–Trinajstić information content (AvgIpc) is 3.37. The van der Waals surface area contributed by atoms with Crippen LogP contribution in [0, 0.1) is 0 Å². The van der Waals surface area contributed by atoms with Gasteiger partial charge in [-0.2, -0.15) is 0 Å². The molecule has 1 aliphatic rings. The molecule has 0 bridgehead atoms. The van der Waals surface area contributed by atoms with E-state index >= 15 is 0 Å². The highest BCUT2D eigenvalue weighted by molar-refractivity contribution is 8.00. The van der Waals surface area contributed by atoms with Gasteiger partial charge in [0.15, 0.2) is 0 Å². The topological polar surface area (TPSA) is 58.6 Å². The Labute approximate surface area is 177 Å². The Kier molecular flexibility index (Phi) is 5.87. The van der Waals surface area contributed by atoms with E-state index in [9.17, 15) is 9.59 Å². The highest BCUT2D eigenvalue weighted by Gasteiger charge is 2.34. The molecule has 7 heteroatoms. The van der Waals surface area contributed by atoms with Crippen LogP contribution in [0.15, 0.2) is 66.0 Å². The maximum Gasteiger partial charge on any atom is 0.238 e. The minimum Gasteiger partial charge on any atom is -0.497 e. The molecule has 0 radical (unpaired) electrons. The predicted molar refractivity (Wildman–Crippen MR) is 119 cm³/mol. The quantitative estimate of drug-likeness (QED) is 0.622. The number of nitrogens with one attached hydrogen (secondary N) is 1. The molecule has 1 aromatic heterocycles. The number of ether oxygens (including phenoxy) is 1. The molecule has 2 amide bonds. The lowest BCUT2D eigenvalue weighted by atomic mass is 10.1. The summed E-state index contributed by atoms with van der Waals surface area (Å²) in [6.45, 7) is 0. The van der Waals surface area contributed by atoms with Gasteiger partial charge in [0, 0.05) is 22.3 Å². The Morgan fingerprint density at radius 1 is 1.17 bits per heavy atom. The Balaban J connectivity index is 1.54. The molecular formula is C22H20N2O3S2. The van der Waals surface area contributed by atoms with Gasteiger partial charge in [0.1, 0.15) is 11.1 Å². The third kappa shape index (κ3) is 4.46. The van der Waals surface area contributed by atoms with Gasteiger partial charge in [0.2, 0.25) is 11.8 Å². The van der Waals surface area contributed by atoms with Crippen molar-refractivity contribution in [3.63, 3.8) is 0 Å². The summed E-state index contributed by atoms with van der Waals surface area (Å²) in [5.74, 6) is 1.13. The fourth-order valence-electron chi connectivity index (χ4n) is 3.26. The van der Waals surface area contributed by atoms with E-state index in [2.05, 4.69) is 5.32 Å². The first-order valence-electron chi connectivity index (χ1n) is 9.14. The Bertz CT molecular complexity index is 1020. The van der Waals surface area contributed by atoms with Crippen molar-refractivity contribution in [2.24, 2.45) is 0 Å². The molecule has 2 aromatic carbocycles. The van der Waals surface area contributed by atoms with Gasteiger partial charge in [-0.3, -0.25) is 14.5 Å². The van der Waals surface area contributed by atoms with Crippen LogP contribution >= 0.6 is 23.1 Å². The number of carbonyl (C=O) groups excluding carboxylic acids is 2. The molecule has 1 N–H and O–H groups in total. The number of hydrogen-bond donors (Lipinski definition) is 1. The number of hydrogen-bond acceptors (Lipinski definition) is 5. The number of methoxy groups -OCH3 is 1. The van der Waals surface area contributed by atoms with Crippen LogP contribution in [-0.4, -0.2) is 24.7 Å². The number of anilines is 2. The second-order valence-corrected chi connectivity index (χ2v) is 8.66. The molecule has 3 aromatic rings. The van der Waals surface area contributed by atoms with E-state index in [1.807, 2.05) is 66.0 Å². The number of benzene rings is 2. The summed E-state index contributed by atoms with van der Waals surface area (Å²) < 4.78 is 5.31. The van der Waals surface area contributed by atoms with Crippen LogP contribution < -0.4 is 15.0 Å². The maximum absolute atomic E-state index is 12.6. The Morgan fingerprint density at radius 3 is 2.83 bits per heavy atom. The van der Waals surface area contributed by atoms with Crippen LogP contribution in [0.25, 0.3) is 0 Å². The highest BCUT2D eigenvalue weighted by Crippen LogP contribution is 2.42. The van der Waals surface area contributed by atoms with Crippen LogP contribution in [-0.2, 0) is 16.0 Å². The standard InChI is InChI=1S/C22H20N2O3S2/c1-27-18-8-3-7-17(12-18)24-21(26)14-29-22(24)15-5-2-6-16(11-15)23-20(25)13-19-9-4-10-28-19/h2-12,22H,13-14H2,1H3,(H,23,25). The molecule has 1 aliphatic heterocycles. The van der Waals surface area contributed by atoms with Crippen molar-refractivity contribution in [3.8, 4) is 5.75 Å². The summed E-state index contributed by atoms with van der Waals surface area (Å²) in [6.07, 6.45) is 0.356. The summed E-state index contributed by atoms with van der Waals surface area (Å²) in [7, 11) is 1.61. The van der Waals surface area contributed by atoms with E-state index in [0.717, 1.165) is 21.8 Å². The second-order valence-electron chi connectivity index (χ2n) is 6.56. The first kappa shape index (κ1) is 19.5.